The number of aryl methyl sites for hydroxylation is 1. The number of benzene rings is 1. The number of carbonyl (C=O) groups excluding carboxylic acids is 1. The molecule has 1 aliphatic rings. The minimum atomic E-state index is -4.74. The van der Waals surface area contributed by atoms with Crippen LogP contribution in [-0.4, -0.2) is 42.5 Å². The summed E-state index contributed by atoms with van der Waals surface area (Å²) in [5.41, 5.74) is -1.36. The van der Waals surface area contributed by atoms with Gasteiger partial charge in [0.05, 0.1) is 4.91 Å². The van der Waals surface area contributed by atoms with Gasteiger partial charge >= 0.3 is 12.1 Å². The van der Waals surface area contributed by atoms with E-state index in [-0.39, 0.29) is 39.2 Å². The average molecular weight is 522 g/mol. The van der Waals surface area contributed by atoms with E-state index in [2.05, 4.69) is 5.10 Å². The quantitative estimate of drug-likeness (QED) is 0.391. The smallest absolute Gasteiger partial charge is 0.435 e. The fourth-order valence-corrected chi connectivity index (χ4v) is 5.16. The van der Waals surface area contributed by atoms with Crippen LogP contribution in [0.15, 0.2) is 39.1 Å². The number of aliphatic carboxylic acids is 1. The third-order valence-electron chi connectivity index (χ3n) is 4.25. The molecule has 1 aromatic heterocycles. The molecule has 0 radical (unpaired) electrons. The second-order valence-electron chi connectivity index (χ2n) is 6.58. The highest BCUT2D eigenvalue weighted by Gasteiger charge is 2.40. The van der Waals surface area contributed by atoms with E-state index < -0.39 is 23.7 Å². The van der Waals surface area contributed by atoms with E-state index >= 15 is 0 Å². The first-order valence-electron chi connectivity index (χ1n) is 9.02. The van der Waals surface area contributed by atoms with Gasteiger partial charge in [-0.3, -0.25) is 19.2 Å². The Balaban J connectivity index is 1.97. The molecule has 0 bridgehead atoms. The van der Waals surface area contributed by atoms with Crippen molar-refractivity contribution in [3.05, 3.63) is 45.5 Å². The number of halogens is 4. The Kier molecular flexibility index (Phi) is 7.58. The molecular weight excluding hydrogens is 507 g/mol. The highest BCUT2D eigenvalue weighted by molar-refractivity contribution is 8.26. The first-order chi connectivity index (χ1) is 15.0. The molecular formula is C19H15ClF3N3O3S3. The zero-order chi connectivity index (χ0) is 23.6. The lowest BCUT2D eigenvalue weighted by Crippen LogP contribution is -2.29. The van der Waals surface area contributed by atoms with Crippen LogP contribution in [0.3, 0.4) is 0 Å². The van der Waals surface area contributed by atoms with Crippen LogP contribution in [0.5, 0.6) is 0 Å². The monoisotopic (exact) mass is 521 g/mol. The number of hydrogen-bond acceptors (Lipinski definition) is 6. The van der Waals surface area contributed by atoms with Crippen molar-refractivity contribution < 1.29 is 27.9 Å². The molecule has 32 heavy (non-hydrogen) atoms. The predicted octanol–water partition coefficient (Wildman–Crippen LogP) is 5.31. The van der Waals surface area contributed by atoms with Crippen LogP contribution in [0.25, 0.3) is 6.08 Å². The minimum absolute atomic E-state index is 0.0155. The lowest BCUT2D eigenvalue weighted by Gasteiger charge is -2.13. The van der Waals surface area contributed by atoms with Gasteiger partial charge in [-0.05, 0) is 36.8 Å². The molecule has 2 aromatic rings. The summed E-state index contributed by atoms with van der Waals surface area (Å²) in [4.78, 5) is 25.3. The molecule has 1 amide bonds. The van der Waals surface area contributed by atoms with E-state index in [0.717, 1.165) is 34.3 Å². The van der Waals surface area contributed by atoms with Crippen LogP contribution < -0.4 is 0 Å². The van der Waals surface area contributed by atoms with Crippen LogP contribution in [0.4, 0.5) is 13.2 Å². The molecule has 13 heteroatoms. The van der Waals surface area contributed by atoms with Crippen molar-refractivity contribution in [2.24, 2.45) is 7.05 Å². The van der Waals surface area contributed by atoms with Crippen LogP contribution in [0.1, 0.15) is 24.1 Å². The number of nitrogens with zero attached hydrogens (tertiary/aromatic N) is 3. The van der Waals surface area contributed by atoms with Crippen molar-refractivity contribution in [3.8, 4) is 0 Å². The predicted molar refractivity (Wildman–Crippen MR) is 121 cm³/mol. The Morgan fingerprint density at radius 2 is 2.00 bits per heavy atom. The Bertz CT molecular complexity index is 1100. The Hall–Kier alpha value is -2.02. The molecule has 1 N–H and O–H groups in total. The molecule has 2 heterocycles. The van der Waals surface area contributed by atoms with Crippen molar-refractivity contribution in [2.45, 2.75) is 28.9 Å². The van der Waals surface area contributed by atoms with Crippen molar-refractivity contribution in [2.75, 3.05) is 6.54 Å². The van der Waals surface area contributed by atoms with Gasteiger partial charge < -0.3 is 5.11 Å². The molecule has 1 aliphatic heterocycles. The summed E-state index contributed by atoms with van der Waals surface area (Å²) >= 11 is 13.0. The van der Waals surface area contributed by atoms with E-state index in [9.17, 15) is 22.8 Å². The Labute approximate surface area is 199 Å². The molecule has 0 atom stereocenters. The number of amides is 1. The summed E-state index contributed by atoms with van der Waals surface area (Å²) in [6, 6.07) is 6.57. The molecule has 170 valence electrons. The van der Waals surface area contributed by atoms with Crippen LogP contribution in [-0.2, 0) is 22.8 Å². The Morgan fingerprint density at radius 1 is 1.34 bits per heavy atom. The Morgan fingerprint density at radius 3 is 2.59 bits per heavy atom. The van der Waals surface area contributed by atoms with E-state index in [4.69, 9.17) is 28.9 Å². The SMILES string of the molecule is Cn1nc(C(F)(F)F)c(/C=C2/SC(=S)N(CCCC(=O)O)C2=O)c1Sc1ccc(Cl)cc1. The van der Waals surface area contributed by atoms with Crippen molar-refractivity contribution in [1.82, 2.24) is 14.7 Å². The number of carboxylic acids is 1. The highest BCUT2D eigenvalue weighted by atomic mass is 35.5. The average Bonchev–Trinajstić information content (AvgIpc) is 3.15. The van der Waals surface area contributed by atoms with Gasteiger partial charge in [0.25, 0.3) is 5.91 Å². The number of hydrogen-bond donors (Lipinski definition) is 1. The number of aromatic nitrogens is 2. The molecule has 3 rings (SSSR count). The molecule has 1 saturated heterocycles. The van der Waals surface area contributed by atoms with Crippen molar-refractivity contribution in [1.29, 1.82) is 0 Å². The molecule has 0 unspecified atom stereocenters. The van der Waals surface area contributed by atoms with Gasteiger partial charge in [0.15, 0.2) is 5.69 Å². The second-order valence-corrected chi connectivity index (χ2v) is 9.75. The van der Waals surface area contributed by atoms with Gasteiger partial charge in [0.1, 0.15) is 9.35 Å². The van der Waals surface area contributed by atoms with Crippen molar-refractivity contribution in [3.63, 3.8) is 0 Å². The largest absolute Gasteiger partial charge is 0.481 e. The third-order valence-corrected chi connectivity index (χ3v) is 7.06. The normalized spacial score (nSPS) is 15.8. The summed E-state index contributed by atoms with van der Waals surface area (Å²) < 4.78 is 42.3. The maximum absolute atomic E-state index is 13.7. The number of thiocarbonyl (C=S) groups is 1. The van der Waals surface area contributed by atoms with Gasteiger partial charge in [-0.25, -0.2) is 0 Å². The maximum atomic E-state index is 13.7. The number of alkyl halides is 3. The van der Waals surface area contributed by atoms with Gasteiger partial charge in [-0.2, -0.15) is 18.3 Å². The molecule has 0 aliphatic carbocycles. The van der Waals surface area contributed by atoms with Crippen molar-refractivity contribution >= 4 is 69.6 Å². The van der Waals surface area contributed by atoms with Crippen LogP contribution >= 0.6 is 47.3 Å². The molecule has 1 fully saturated rings. The number of thioether (sulfide) groups is 1. The number of rotatable bonds is 7. The lowest BCUT2D eigenvalue weighted by molar-refractivity contribution is -0.141. The topological polar surface area (TPSA) is 75.4 Å². The van der Waals surface area contributed by atoms with Crippen LogP contribution in [0, 0.1) is 0 Å². The lowest BCUT2D eigenvalue weighted by atomic mass is 10.2. The fourth-order valence-electron chi connectivity index (χ4n) is 2.81. The van der Waals surface area contributed by atoms with E-state index in [0.29, 0.717) is 9.92 Å². The summed E-state index contributed by atoms with van der Waals surface area (Å²) in [5, 5.41) is 13.1. The molecule has 1 aromatic carbocycles. The number of carboxylic acid groups (broad SMARTS) is 1. The standard InChI is InChI=1S/C19H15ClF3N3O3S3/c1-25-17(31-11-6-4-10(20)5-7-11)12(15(24-25)19(21,22)23)9-13-16(29)26(18(30)32-13)8-2-3-14(27)28/h4-7,9H,2-3,8H2,1H3,(H,27,28)/b13-9+. The fraction of sp³-hybridized carbons (Fsp3) is 0.263. The zero-order valence-corrected chi connectivity index (χ0v) is 19.6. The highest BCUT2D eigenvalue weighted by Crippen LogP contribution is 2.42. The minimum Gasteiger partial charge on any atom is -0.481 e. The summed E-state index contributed by atoms with van der Waals surface area (Å²) in [6.45, 7) is 0.0693. The van der Waals surface area contributed by atoms with Gasteiger partial charge in [0, 0.05) is 35.5 Å². The second kappa shape index (κ2) is 9.86. The van der Waals surface area contributed by atoms with Gasteiger partial charge in [-0.15, -0.1) is 0 Å². The number of carbonyl (C=O) groups is 2. The van der Waals surface area contributed by atoms with Crippen LogP contribution in [0.2, 0.25) is 5.02 Å². The van der Waals surface area contributed by atoms with E-state index in [1.165, 1.54) is 11.9 Å². The third kappa shape index (κ3) is 5.66. The molecule has 0 saturated carbocycles. The molecule has 0 spiro atoms. The zero-order valence-electron chi connectivity index (χ0n) is 16.4. The van der Waals surface area contributed by atoms with E-state index in [1.807, 2.05) is 0 Å². The first-order valence-corrected chi connectivity index (χ1v) is 11.4. The summed E-state index contributed by atoms with van der Waals surface area (Å²) in [6.07, 6.45) is -3.58. The molecule has 6 nitrogen and oxygen atoms in total. The first kappa shape index (κ1) is 24.6. The summed E-state index contributed by atoms with van der Waals surface area (Å²) in [5.74, 6) is -1.58. The maximum Gasteiger partial charge on any atom is 0.435 e. The van der Waals surface area contributed by atoms with E-state index in [1.54, 1.807) is 24.3 Å². The van der Waals surface area contributed by atoms with Gasteiger partial charge in [0.2, 0.25) is 0 Å². The van der Waals surface area contributed by atoms with Gasteiger partial charge in [-0.1, -0.05) is 47.3 Å². The summed E-state index contributed by atoms with van der Waals surface area (Å²) in [7, 11) is 1.39.